The molecule has 23 heavy (non-hydrogen) atoms. The molecule has 3 atom stereocenters. The molecule has 0 aromatic heterocycles. The molecule has 0 spiro atoms. The van der Waals surface area contributed by atoms with Gasteiger partial charge in [-0.05, 0) is 42.9 Å². The average molecular weight is 327 g/mol. The summed E-state index contributed by atoms with van der Waals surface area (Å²) in [6, 6.07) is 4.08. The maximum absolute atomic E-state index is 12.5. The molecule has 1 aromatic rings. The van der Waals surface area contributed by atoms with Gasteiger partial charge in [0.05, 0.1) is 5.56 Å². The normalized spacial score (nSPS) is 27.1. The lowest BCUT2D eigenvalue weighted by atomic mass is 10.1. The van der Waals surface area contributed by atoms with Crippen molar-refractivity contribution in [3.05, 3.63) is 35.4 Å². The number of hydrogen-bond acceptors (Lipinski definition) is 2. The highest BCUT2D eigenvalue weighted by molar-refractivity contribution is 5.88. The van der Waals surface area contributed by atoms with Crippen molar-refractivity contribution in [1.82, 2.24) is 4.90 Å². The first-order chi connectivity index (χ1) is 10.8. The van der Waals surface area contributed by atoms with Gasteiger partial charge in [-0.1, -0.05) is 12.1 Å². The number of hydrogen-bond donors (Lipinski definition) is 1. The van der Waals surface area contributed by atoms with Gasteiger partial charge in [0, 0.05) is 12.5 Å². The van der Waals surface area contributed by atoms with Crippen LogP contribution in [0.4, 0.5) is 13.2 Å². The Balaban J connectivity index is 1.67. The molecule has 1 aliphatic carbocycles. The first-order valence-electron chi connectivity index (χ1n) is 7.49. The fraction of sp³-hybridized carbons (Fsp3) is 0.500. The van der Waals surface area contributed by atoms with Crippen molar-refractivity contribution in [3.8, 4) is 0 Å². The summed E-state index contributed by atoms with van der Waals surface area (Å²) in [4.78, 5) is 25.0. The quantitative estimate of drug-likeness (QED) is 0.929. The van der Waals surface area contributed by atoms with E-state index < -0.39 is 23.8 Å². The highest BCUT2D eigenvalue weighted by atomic mass is 19.4. The van der Waals surface area contributed by atoms with Gasteiger partial charge in [0.2, 0.25) is 5.91 Å². The Morgan fingerprint density at radius 1 is 1.17 bits per heavy atom. The molecule has 4 nitrogen and oxygen atoms in total. The summed E-state index contributed by atoms with van der Waals surface area (Å²) in [5.41, 5.74) is -0.0160. The van der Waals surface area contributed by atoms with E-state index in [1.54, 1.807) is 0 Å². The molecule has 1 N–H and O–H groups in total. The van der Waals surface area contributed by atoms with E-state index in [0.29, 0.717) is 31.4 Å². The van der Waals surface area contributed by atoms with E-state index in [1.807, 2.05) is 0 Å². The third-order valence-electron chi connectivity index (χ3n) is 4.59. The van der Waals surface area contributed by atoms with E-state index >= 15 is 0 Å². The number of nitrogens with zero attached hydrogens (tertiary/aromatic N) is 1. The lowest BCUT2D eigenvalue weighted by molar-refractivity contribution is -0.148. The molecule has 3 rings (SSSR count). The summed E-state index contributed by atoms with van der Waals surface area (Å²) >= 11 is 0. The Bertz CT molecular complexity index is 626. The maximum Gasteiger partial charge on any atom is 0.416 e. The van der Waals surface area contributed by atoms with Crippen LogP contribution in [0.5, 0.6) is 0 Å². The topological polar surface area (TPSA) is 57.6 Å². The second-order valence-corrected chi connectivity index (χ2v) is 6.10. The third kappa shape index (κ3) is 3.04. The van der Waals surface area contributed by atoms with Crippen molar-refractivity contribution in [3.63, 3.8) is 0 Å². The molecular weight excluding hydrogens is 311 g/mol. The average Bonchev–Trinajstić information content (AvgIpc) is 3.13. The van der Waals surface area contributed by atoms with Crippen LogP contribution in [-0.2, 0) is 15.8 Å². The smallest absolute Gasteiger partial charge is 0.416 e. The molecule has 1 saturated carbocycles. The van der Waals surface area contributed by atoms with Gasteiger partial charge in [-0.3, -0.25) is 4.79 Å². The van der Waals surface area contributed by atoms with Crippen LogP contribution in [-0.4, -0.2) is 34.5 Å². The van der Waals surface area contributed by atoms with Gasteiger partial charge in [0.15, 0.2) is 0 Å². The number of carboxylic acids is 1. The molecule has 0 bridgehead atoms. The van der Waals surface area contributed by atoms with Crippen LogP contribution in [0.25, 0.3) is 0 Å². The van der Waals surface area contributed by atoms with Gasteiger partial charge in [-0.2, -0.15) is 13.2 Å². The summed E-state index contributed by atoms with van der Waals surface area (Å²) in [6.45, 7) is 0.437. The minimum absolute atomic E-state index is 0.111. The highest BCUT2D eigenvalue weighted by Crippen LogP contribution is 2.49. The van der Waals surface area contributed by atoms with Crippen molar-refractivity contribution in [2.45, 2.75) is 37.4 Å². The summed E-state index contributed by atoms with van der Waals surface area (Å²) in [7, 11) is 0. The number of alkyl halides is 3. The number of carbonyl (C=O) groups is 2. The highest BCUT2D eigenvalue weighted by Gasteiger charge is 2.48. The van der Waals surface area contributed by atoms with Crippen molar-refractivity contribution in [2.24, 2.45) is 5.92 Å². The van der Waals surface area contributed by atoms with Crippen LogP contribution < -0.4 is 0 Å². The standard InChI is InChI=1S/C16H16F3NO3/c17-16(18,19)10-5-3-9(4-6-10)11-8-12(11)14(21)20-7-1-2-13(20)15(22)23/h3-6,11-13H,1-2,7-8H2,(H,22,23)/t11-,12+,13+/m0/s1. The minimum Gasteiger partial charge on any atom is -0.480 e. The predicted octanol–water partition coefficient (Wildman–Crippen LogP) is 2.88. The van der Waals surface area contributed by atoms with Gasteiger partial charge in [0.1, 0.15) is 6.04 Å². The first kappa shape index (κ1) is 15.8. The molecule has 0 radical (unpaired) electrons. The van der Waals surface area contributed by atoms with Crippen molar-refractivity contribution in [1.29, 1.82) is 0 Å². The van der Waals surface area contributed by atoms with Crippen LogP contribution in [0.1, 0.15) is 36.3 Å². The van der Waals surface area contributed by atoms with Gasteiger partial charge < -0.3 is 10.0 Å². The van der Waals surface area contributed by atoms with Gasteiger partial charge in [-0.25, -0.2) is 4.79 Å². The maximum atomic E-state index is 12.5. The van der Waals surface area contributed by atoms with Crippen molar-refractivity contribution < 1.29 is 27.9 Å². The van der Waals surface area contributed by atoms with E-state index in [9.17, 15) is 22.8 Å². The van der Waals surface area contributed by atoms with Gasteiger partial charge in [-0.15, -0.1) is 0 Å². The molecule has 1 aliphatic heterocycles. The second kappa shape index (κ2) is 5.54. The summed E-state index contributed by atoms with van der Waals surface area (Å²) in [6.07, 6.45) is -2.69. The zero-order valence-electron chi connectivity index (χ0n) is 12.2. The van der Waals surface area contributed by atoms with E-state index in [1.165, 1.54) is 17.0 Å². The Morgan fingerprint density at radius 2 is 1.83 bits per heavy atom. The zero-order valence-corrected chi connectivity index (χ0v) is 12.2. The molecule has 1 amide bonds. The molecule has 2 fully saturated rings. The van der Waals surface area contributed by atoms with E-state index in [0.717, 1.165) is 12.1 Å². The number of carbonyl (C=O) groups excluding carboxylic acids is 1. The number of aliphatic carboxylic acids is 1. The van der Waals surface area contributed by atoms with Crippen molar-refractivity contribution >= 4 is 11.9 Å². The monoisotopic (exact) mass is 327 g/mol. The SMILES string of the molecule is O=C(O)[C@H]1CCCN1C(=O)[C@@H]1C[C@H]1c1ccc(C(F)(F)F)cc1. The van der Waals surface area contributed by atoms with Crippen LogP contribution in [0.15, 0.2) is 24.3 Å². The largest absolute Gasteiger partial charge is 0.480 e. The fourth-order valence-electron chi connectivity index (χ4n) is 3.26. The number of benzene rings is 1. The Kier molecular flexibility index (Phi) is 3.82. The van der Waals surface area contributed by atoms with Crippen LogP contribution in [0.3, 0.4) is 0 Å². The Labute approximate surface area is 130 Å². The number of rotatable bonds is 3. The van der Waals surface area contributed by atoms with Crippen molar-refractivity contribution in [2.75, 3.05) is 6.54 Å². The molecule has 7 heteroatoms. The Hall–Kier alpha value is -2.05. The van der Waals surface area contributed by atoms with E-state index in [-0.39, 0.29) is 17.7 Å². The predicted molar refractivity (Wildman–Crippen MR) is 74.7 cm³/mol. The summed E-state index contributed by atoms with van der Waals surface area (Å²) < 4.78 is 37.6. The number of halogens is 3. The zero-order chi connectivity index (χ0) is 16.8. The molecule has 0 unspecified atom stereocenters. The van der Waals surface area contributed by atoms with Crippen LogP contribution >= 0.6 is 0 Å². The van der Waals surface area contributed by atoms with E-state index in [2.05, 4.69) is 0 Å². The first-order valence-corrected chi connectivity index (χ1v) is 7.49. The van der Waals surface area contributed by atoms with Crippen LogP contribution in [0, 0.1) is 5.92 Å². The molecule has 2 aliphatic rings. The molecule has 124 valence electrons. The molecule has 1 heterocycles. The fourth-order valence-corrected chi connectivity index (χ4v) is 3.26. The van der Waals surface area contributed by atoms with Gasteiger partial charge >= 0.3 is 12.1 Å². The van der Waals surface area contributed by atoms with Crippen LogP contribution in [0.2, 0.25) is 0 Å². The molecule has 1 aromatic carbocycles. The molecule has 1 saturated heterocycles. The number of likely N-dealkylation sites (tertiary alicyclic amines) is 1. The second-order valence-electron chi connectivity index (χ2n) is 6.10. The molecular formula is C16H16F3NO3. The Morgan fingerprint density at radius 3 is 2.39 bits per heavy atom. The summed E-state index contributed by atoms with van der Waals surface area (Å²) in [5.74, 6) is -1.62. The summed E-state index contributed by atoms with van der Waals surface area (Å²) in [5, 5.41) is 9.12. The third-order valence-corrected chi connectivity index (χ3v) is 4.59. The van der Waals surface area contributed by atoms with E-state index in [4.69, 9.17) is 5.11 Å². The van der Waals surface area contributed by atoms with Gasteiger partial charge in [0.25, 0.3) is 0 Å². The number of amides is 1. The lowest BCUT2D eigenvalue weighted by Gasteiger charge is -2.21. The lowest BCUT2D eigenvalue weighted by Crippen LogP contribution is -2.41. The number of carboxylic acid groups (broad SMARTS) is 1. The minimum atomic E-state index is -4.37.